The molecule has 2 aromatic carbocycles. The van der Waals surface area contributed by atoms with Crippen molar-refractivity contribution in [3.8, 4) is 0 Å². The molecular formula is C23H25BrN4. The Balaban J connectivity index is 1.85. The molecule has 28 heavy (non-hydrogen) atoms. The minimum absolute atomic E-state index is 0.824. The summed E-state index contributed by atoms with van der Waals surface area (Å²) in [5.74, 6) is 1.09. The van der Waals surface area contributed by atoms with E-state index in [0.717, 1.165) is 58.9 Å². The van der Waals surface area contributed by atoms with E-state index in [1.54, 1.807) is 0 Å². The van der Waals surface area contributed by atoms with Gasteiger partial charge in [0.2, 0.25) is 0 Å². The lowest BCUT2D eigenvalue weighted by Crippen LogP contribution is -2.36. The molecule has 144 valence electrons. The van der Waals surface area contributed by atoms with E-state index in [4.69, 9.17) is 4.99 Å². The Morgan fingerprint density at radius 1 is 1.07 bits per heavy atom. The lowest BCUT2D eigenvalue weighted by molar-refractivity contribution is 0.401. The Hall–Kier alpha value is -2.37. The molecule has 4 rings (SSSR count). The van der Waals surface area contributed by atoms with Crippen LogP contribution in [0.15, 0.2) is 81.7 Å². The quantitative estimate of drug-likeness (QED) is 0.753. The summed E-state index contributed by atoms with van der Waals surface area (Å²) in [7, 11) is 4.24. The molecule has 0 amide bonds. The van der Waals surface area contributed by atoms with Gasteiger partial charge in [-0.25, -0.2) is 4.99 Å². The van der Waals surface area contributed by atoms with Crippen LogP contribution in [0, 0.1) is 0 Å². The number of hydrogen-bond donors (Lipinski definition) is 1. The number of para-hydroxylation sites is 1. The Labute approximate surface area is 175 Å². The van der Waals surface area contributed by atoms with Crippen LogP contribution in [0.3, 0.4) is 0 Å². The molecular weight excluding hydrogens is 412 g/mol. The van der Waals surface area contributed by atoms with E-state index in [9.17, 15) is 0 Å². The summed E-state index contributed by atoms with van der Waals surface area (Å²) >= 11 is 3.72. The lowest BCUT2D eigenvalue weighted by Gasteiger charge is -2.30. The fourth-order valence-electron chi connectivity index (χ4n) is 3.67. The van der Waals surface area contributed by atoms with Gasteiger partial charge in [-0.1, -0.05) is 58.4 Å². The highest BCUT2D eigenvalue weighted by Gasteiger charge is 2.26. The molecule has 0 saturated heterocycles. The van der Waals surface area contributed by atoms with Crippen molar-refractivity contribution < 1.29 is 0 Å². The first-order valence-electron chi connectivity index (χ1n) is 9.65. The second-order valence-corrected chi connectivity index (χ2v) is 8.14. The van der Waals surface area contributed by atoms with Crippen LogP contribution in [0.4, 0.5) is 5.69 Å². The summed E-state index contributed by atoms with van der Waals surface area (Å²) in [5.41, 5.74) is 5.44. The summed E-state index contributed by atoms with van der Waals surface area (Å²) in [6.45, 7) is 2.81. The molecule has 0 spiro atoms. The minimum Gasteiger partial charge on any atom is -0.366 e. The Morgan fingerprint density at radius 3 is 2.61 bits per heavy atom. The third-order valence-corrected chi connectivity index (χ3v) is 5.67. The van der Waals surface area contributed by atoms with Crippen LogP contribution < -0.4 is 10.2 Å². The predicted molar refractivity (Wildman–Crippen MR) is 121 cm³/mol. The Morgan fingerprint density at radius 2 is 1.82 bits per heavy atom. The van der Waals surface area contributed by atoms with Gasteiger partial charge in [0, 0.05) is 28.7 Å². The zero-order chi connectivity index (χ0) is 19.5. The molecule has 0 radical (unpaired) electrons. The van der Waals surface area contributed by atoms with E-state index < -0.39 is 0 Å². The van der Waals surface area contributed by atoms with Gasteiger partial charge in [-0.15, -0.1) is 0 Å². The van der Waals surface area contributed by atoms with Gasteiger partial charge < -0.3 is 15.1 Å². The second kappa shape index (κ2) is 8.33. The van der Waals surface area contributed by atoms with Crippen LogP contribution in [-0.2, 0) is 0 Å². The van der Waals surface area contributed by atoms with Crippen molar-refractivity contribution in [3.63, 3.8) is 0 Å². The smallest absolute Gasteiger partial charge is 0.133 e. The number of dihydropyridines is 1. The van der Waals surface area contributed by atoms with E-state index in [1.807, 2.05) is 6.07 Å². The molecule has 1 N–H and O–H groups in total. The number of anilines is 1. The summed E-state index contributed by atoms with van der Waals surface area (Å²) in [6.07, 6.45) is 5.34. The first kappa shape index (κ1) is 19.0. The molecule has 2 aliphatic rings. The van der Waals surface area contributed by atoms with Gasteiger partial charge in [0.05, 0.1) is 11.4 Å². The molecule has 2 aromatic rings. The fraction of sp³-hybridized carbons (Fsp3) is 0.261. The van der Waals surface area contributed by atoms with Crippen molar-refractivity contribution >= 4 is 27.3 Å². The standard InChI is InChI=1S/C23H25BrN4/c1-27(2)15-8-16-28-21-13-6-4-10-18(21)22(17-9-3-5-11-19(17)24)26-20-12-7-14-25-23(20)28/h3-7,9-13,25H,8,14-16H2,1-2H3. The van der Waals surface area contributed by atoms with Crippen molar-refractivity contribution in [3.05, 3.63) is 87.8 Å². The highest BCUT2D eigenvalue weighted by atomic mass is 79.9. The Bertz CT molecular complexity index is 959. The van der Waals surface area contributed by atoms with Crippen molar-refractivity contribution in [2.75, 3.05) is 38.6 Å². The van der Waals surface area contributed by atoms with Crippen molar-refractivity contribution in [1.82, 2.24) is 10.2 Å². The van der Waals surface area contributed by atoms with Crippen LogP contribution in [0.5, 0.6) is 0 Å². The summed E-state index contributed by atoms with van der Waals surface area (Å²) in [4.78, 5) is 9.75. The summed E-state index contributed by atoms with van der Waals surface area (Å²) in [6, 6.07) is 16.9. The maximum absolute atomic E-state index is 5.13. The van der Waals surface area contributed by atoms with Crippen LogP contribution >= 0.6 is 15.9 Å². The van der Waals surface area contributed by atoms with Gasteiger partial charge in [0.25, 0.3) is 0 Å². The molecule has 0 saturated carbocycles. The number of allylic oxidation sites excluding steroid dienone is 1. The van der Waals surface area contributed by atoms with Crippen molar-refractivity contribution in [1.29, 1.82) is 0 Å². The third kappa shape index (κ3) is 3.77. The number of nitrogens with zero attached hydrogens (tertiary/aromatic N) is 3. The molecule has 0 unspecified atom stereocenters. The maximum Gasteiger partial charge on any atom is 0.133 e. The van der Waals surface area contributed by atoms with Gasteiger partial charge in [-0.2, -0.15) is 0 Å². The third-order valence-electron chi connectivity index (χ3n) is 4.97. The van der Waals surface area contributed by atoms with E-state index in [0.29, 0.717) is 0 Å². The van der Waals surface area contributed by atoms with Crippen LogP contribution in [0.25, 0.3) is 0 Å². The number of halogens is 1. The molecule has 0 bridgehead atoms. The predicted octanol–water partition coefficient (Wildman–Crippen LogP) is 4.39. The molecule has 2 heterocycles. The average Bonchev–Trinajstić information content (AvgIpc) is 2.84. The van der Waals surface area contributed by atoms with Crippen molar-refractivity contribution in [2.45, 2.75) is 6.42 Å². The Kier molecular flexibility index (Phi) is 5.64. The molecule has 5 heteroatoms. The van der Waals surface area contributed by atoms with E-state index in [1.165, 1.54) is 5.69 Å². The minimum atomic E-state index is 0.824. The molecule has 0 atom stereocenters. The number of nitrogens with one attached hydrogen (secondary N) is 1. The maximum atomic E-state index is 5.13. The van der Waals surface area contributed by atoms with Crippen LogP contribution in [0.2, 0.25) is 0 Å². The summed E-state index contributed by atoms with van der Waals surface area (Å²) in [5, 5.41) is 3.56. The lowest BCUT2D eigenvalue weighted by atomic mass is 10.00. The molecule has 4 nitrogen and oxygen atoms in total. The number of rotatable bonds is 5. The molecule has 2 aliphatic heterocycles. The zero-order valence-corrected chi connectivity index (χ0v) is 17.9. The van der Waals surface area contributed by atoms with Crippen molar-refractivity contribution in [2.24, 2.45) is 4.99 Å². The van der Waals surface area contributed by atoms with E-state index in [-0.39, 0.29) is 0 Å². The van der Waals surface area contributed by atoms with Gasteiger partial charge in [-0.05, 0) is 45.3 Å². The molecule has 0 aliphatic carbocycles. The number of hydrogen-bond acceptors (Lipinski definition) is 4. The van der Waals surface area contributed by atoms with Gasteiger partial charge >= 0.3 is 0 Å². The fourth-order valence-corrected chi connectivity index (χ4v) is 4.14. The number of aliphatic imine (C=N–C) groups is 1. The topological polar surface area (TPSA) is 30.9 Å². The molecule has 0 aromatic heterocycles. The van der Waals surface area contributed by atoms with Gasteiger partial charge in [-0.3, -0.25) is 0 Å². The summed E-state index contributed by atoms with van der Waals surface area (Å²) < 4.78 is 1.06. The zero-order valence-electron chi connectivity index (χ0n) is 16.3. The first-order valence-corrected chi connectivity index (χ1v) is 10.4. The first-order chi connectivity index (χ1) is 13.6. The van der Waals surface area contributed by atoms with Crippen LogP contribution in [0.1, 0.15) is 17.5 Å². The van der Waals surface area contributed by atoms with Gasteiger partial charge in [0.15, 0.2) is 0 Å². The van der Waals surface area contributed by atoms with E-state index >= 15 is 0 Å². The SMILES string of the molecule is CN(C)CCCN1C2=C(C=CCN2)N=C(c2ccccc2Br)c2ccccc21. The van der Waals surface area contributed by atoms with Gasteiger partial charge in [0.1, 0.15) is 11.5 Å². The highest BCUT2D eigenvalue weighted by molar-refractivity contribution is 9.10. The normalized spacial score (nSPS) is 15.7. The van der Waals surface area contributed by atoms with Crippen LogP contribution in [-0.4, -0.2) is 44.3 Å². The number of fused-ring (bicyclic) bond motifs is 1. The largest absolute Gasteiger partial charge is 0.366 e. The average molecular weight is 437 g/mol. The van der Waals surface area contributed by atoms with E-state index in [2.05, 4.69) is 99.8 Å². The second-order valence-electron chi connectivity index (χ2n) is 7.28. The molecule has 0 fully saturated rings. The monoisotopic (exact) mass is 436 g/mol. The highest BCUT2D eigenvalue weighted by Crippen LogP contribution is 2.34. The number of benzene rings is 2.